The van der Waals surface area contributed by atoms with Crippen LogP contribution < -0.4 is 10.1 Å². The van der Waals surface area contributed by atoms with Crippen molar-refractivity contribution >= 4 is 5.91 Å². The highest BCUT2D eigenvalue weighted by Crippen LogP contribution is 2.27. The van der Waals surface area contributed by atoms with Gasteiger partial charge in [-0.25, -0.2) is 19.6 Å². The summed E-state index contributed by atoms with van der Waals surface area (Å²) in [5.41, 5.74) is 0.305. The minimum Gasteiger partial charge on any atom is -0.480 e. The highest BCUT2D eigenvalue weighted by atomic mass is 16.5. The first-order chi connectivity index (χ1) is 10.8. The van der Waals surface area contributed by atoms with Crippen molar-refractivity contribution in [2.24, 2.45) is 0 Å². The van der Waals surface area contributed by atoms with Crippen LogP contribution in [0.2, 0.25) is 0 Å². The third-order valence-electron chi connectivity index (χ3n) is 3.91. The topological polar surface area (TPSA) is 94.8 Å². The van der Waals surface area contributed by atoms with Gasteiger partial charge >= 0.3 is 0 Å². The standard InChI is InChI=1S/C14H18N6O2/c1-22-13-7-16-12(6-17-13)14(21)19-10-2-4-11(5-3-10)20-9-15-8-18-20/h6-11H,2-5H2,1H3,(H,19,21). The molecule has 0 atom stereocenters. The molecule has 0 spiro atoms. The Balaban J connectivity index is 1.52. The molecule has 116 valence electrons. The van der Waals surface area contributed by atoms with E-state index in [9.17, 15) is 4.79 Å². The van der Waals surface area contributed by atoms with Gasteiger partial charge in [-0.3, -0.25) is 4.79 Å². The Labute approximate surface area is 127 Å². The Morgan fingerprint density at radius 2 is 2.09 bits per heavy atom. The molecular weight excluding hydrogens is 284 g/mol. The van der Waals surface area contributed by atoms with Gasteiger partial charge in [-0.2, -0.15) is 5.10 Å². The van der Waals surface area contributed by atoms with Crippen LogP contribution in [-0.4, -0.2) is 43.8 Å². The quantitative estimate of drug-likeness (QED) is 0.905. The molecule has 1 amide bonds. The van der Waals surface area contributed by atoms with Crippen molar-refractivity contribution in [3.8, 4) is 5.88 Å². The molecule has 1 aliphatic carbocycles. The Morgan fingerprint density at radius 1 is 1.27 bits per heavy atom. The minimum atomic E-state index is -0.195. The number of rotatable bonds is 4. The predicted molar refractivity (Wildman–Crippen MR) is 77.4 cm³/mol. The lowest BCUT2D eigenvalue weighted by molar-refractivity contribution is 0.0916. The van der Waals surface area contributed by atoms with Crippen molar-refractivity contribution in [2.45, 2.75) is 37.8 Å². The number of methoxy groups -OCH3 is 1. The van der Waals surface area contributed by atoms with Gasteiger partial charge in [0, 0.05) is 6.04 Å². The zero-order valence-electron chi connectivity index (χ0n) is 12.3. The van der Waals surface area contributed by atoms with Crippen LogP contribution in [0, 0.1) is 0 Å². The van der Waals surface area contributed by atoms with Crippen LogP contribution in [-0.2, 0) is 0 Å². The normalized spacial score (nSPS) is 21.3. The number of carbonyl (C=O) groups excluding carboxylic acids is 1. The lowest BCUT2D eigenvalue weighted by Crippen LogP contribution is -2.38. The first-order valence-corrected chi connectivity index (χ1v) is 7.27. The molecule has 22 heavy (non-hydrogen) atoms. The van der Waals surface area contributed by atoms with E-state index in [0.29, 0.717) is 17.6 Å². The van der Waals surface area contributed by atoms with Crippen LogP contribution in [0.15, 0.2) is 25.0 Å². The van der Waals surface area contributed by atoms with Crippen LogP contribution >= 0.6 is 0 Å². The number of amides is 1. The second-order valence-corrected chi connectivity index (χ2v) is 5.30. The summed E-state index contributed by atoms with van der Waals surface area (Å²) < 4.78 is 6.82. The van der Waals surface area contributed by atoms with Crippen LogP contribution in [0.1, 0.15) is 42.2 Å². The van der Waals surface area contributed by atoms with Crippen LogP contribution in [0.25, 0.3) is 0 Å². The summed E-state index contributed by atoms with van der Waals surface area (Å²) in [6.07, 6.45) is 9.95. The Morgan fingerprint density at radius 3 is 2.68 bits per heavy atom. The number of carbonyl (C=O) groups is 1. The molecule has 0 aromatic carbocycles. The summed E-state index contributed by atoms with van der Waals surface area (Å²) in [5, 5.41) is 7.19. The molecule has 0 unspecified atom stereocenters. The summed E-state index contributed by atoms with van der Waals surface area (Å²) in [6, 6.07) is 0.535. The summed E-state index contributed by atoms with van der Waals surface area (Å²) in [7, 11) is 1.51. The molecule has 1 N–H and O–H groups in total. The number of nitrogens with zero attached hydrogens (tertiary/aromatic N) is 5. The van der Waals surface area contributed by atoms with Crippen molar-refractivity contribution < 1.29 is 9.53 Å². The summed E-state index contributed by atoms with van der Waals surface area (Å²) in [4.78, 5) is 24.2. The van der Waals surface area contributed by atoms with Gasteiger partial charge in [-0.05, 0) is 25.7 Å². The van der Waals surface area contributed by atoms with Crippen LogP contribution in [0.5, 0.6) is 5.88 Å². The van der Waals surface area contributed by atoms with Gasteiger partial charge in [0.2, 0.25) is 5.88 Å². The molecule has 8 heteroatoms. The van der Waals surface area contributed by atoms with Gasteiger partial charge in [-0.15, -0.1) is 0 Å². The fraction of sp³-hybridized carbons (Fsp3) is 0.500. The fourth-order valence-corrected chi connectivity index (χ4v) is 2.69. The molecular formula is C14H18N6O2. The summed E-state index contributed by atoms with van der Waals surface area (Å²) in [6.45, 7) is 0. The van der Waals surface area contributed by atoms with Crippen molar-refractivity contribution in [2.75, 3.05) is 7.11 Å². The molecule has 2 heterocycles. The average molecular weight is 302 g/mol. The maximum Gasteiger partial charge on any atom is 0.271 e. The van der Waals surface area contributed by atoms with Crippen molar-refractivity contribution in [3.05, 3.63) is 30.7 Å². The van der Waals surface area contributed by atoms with E-state index in [0.717, 1.165) is 25.7 Å². The summed E-state index contributed by atoms with van der Waals surface area (Å²) >= 11 is 0. The maximum atomic E-state index is 12.1. The minimum absolute atomic E-state index is 0.163. The molecule has 1 fully saturated rings. The molecule has 1 aliphatic rings. The number of hydrogen-bond donors (Lipinski definition) is 1. The first kappa shape index (κ1) is 14.4. The monoisotopic (exact) mass is 302 g/mol. The predicted octanol–water partition coefficient (Wildman–Crippen LogP) is 0.990. The smallest absolute Gasteiger partial charge is 0.271 e. The first-order valence-electron chi connectivity index (χ1n) is 7.27. The van der Waals surface area contributed by atoms with Crippen LogP contribution in [0.3, 0.4) is 0 Å². The van der Waals surface area contributed by atoms with Gasteiger partial charge in [-0.1, -0.05) is 0 Å². The van der Waals surface area contributed by atoms with E-state index in [1.807, 2.05) is 4.68 Å². The lowest BCUT2D eigenvalue weighted by atomic mass is 9.91. The zero-order valence-corrected chi connectivity index (χ0v) is 12.3. The van der Waals surface area contributed by atoms with E-state index < -0.39 is 0 Å². The largest absolute Gasteiger partial charge is 0.480 e. The number of nitrogens with one attached hydrogen (secondary N) is 1. The molecule has 0 radical (unpaired) electrons. The van der Waals surface area contributed by atoms with E-state index in [-0.39, 0.29) is 11.9 Å². The van der Waals surface area contributed by atoms with Gasteiger partial charge in [0.05, 0.1) is 25.5 Å². The summed E-state index contributed by atoms with van der Waals surface area (Å²) in [5.74, 6) is 0.198. The third kappa shape index (κ3) is 3.21. The van der Waals surface area contributed by atoms with Crippen LogP contribution in [0.4, 0.5) is 0 Å². The van der Waals surface area contributed by atoms with Crippen molar-refractivity contribution in [1.29, 1.82) is 0 Å². The van der Waals surface area contributed by atoms with Gasteiger partial charge in [0.15, 0.2) is 0 Å². The Hall–Kier alpha value is -2.51. The highest BCUT2D eigenvalue weighted by molar-refractivity contribution is 5.92. The molecule has 0 aliphatic heterocycles. The van der Waals surface area contributed by atoms with Gasteiger partial charge < -0.3 is 10.1 Å². The van der Waals surface area contributed by atoms with Gasteiger partial charge in [0.25, 0.3) is 5.91 Å². The van der Waals surface area contributed by atoms with E-state index in [1.54, 1.807) is 12.7 Å². The molecule has 0 saturated heterocycles. The molecule has 1 saturated carbocycles. The molecule has 2 aromatic rings. The van der Waals surface area contributed by atoms with E-state index in [4.69, 9.17) is 4.74 Å². The van der Waals surface area contributed by atoms with E-state index in [2.05, 4.69) is 25.4 Å². The number of hydrogen-bond acceptors (Lipinski definition) is 6. The van der Waals surface area contributed by atoms with E-state index in [1.165, 1.54) is 19.5 Å². The second-order valence-electron chi connectivity index (χ2n) is 5.30. The highest BCUT2D eigenvalue weighted by Gasteiger charge is 2.24. The number of aromatic nitrogens is 5. The lowest BCUT2D eigenvalue weighted by Gasteiger charge is -2.28. The average Bonchev–Trinajstić information content (AvgIpc) is 3.10. The maximum absolute atomic E-state index is 12.1. The Kier molecular flexibility index (Phi) is 4.27. The SMILES string of the molecule is COc1cnc(C(=O)NC2CCC(n3cncn3)CC2)cn1. The number of ether oxygens (including phenoxy) is 1. The Bertz CT molecular complexity index is 605. The molecule has 2 aromatic heterocycles. The zero-order chi connectivity index (χ0) is 15.4. The second kappa shape index (κ2) is 6.50. The molecule has 3 rings (SSSR count). The van der Waals surface area contributed by atoms with E-state index >= 15 is 0 Å². The molecule has 8 nitrogen and oxygen atoms in total. The molecule has 0 bridgehead atoms. The third-order valence-corrected chi connectivity index (χ3v) is 3.91. The van der Waals surface area contributed by atoms with Crippen molar-refractivity contribution in [1.82, 2.24) is 30.0 Å². The van der Waals surface area contributed by atoms with Gasteiger partial charge in [0.1, 0.15) is 18.3 Å². The van der Waals surface area contributed by atoms with Crippen molar-refractivity contribution in [3.63, 3.8) is 0 Å². The fourth-order valence-electron chi connectivity index (χ4n) is 2.69.